The molecule has 0 atom stereocenters. The number of carboxylic acids is 1. The number of phenols is 1. The number of carboxylic acid groups (broad SMARTS) is 1. The van der Waals surface area contributed by atoms with Gasteiger partial charge >= 0.3 is 17.1 Å². The zero-order valence-corrected chi connectivity index (χ0v) is 41.3. The standard InChI is InChI=1S/C47H32Cl2N12O5S4/c1-22-24(3)69-44(50-22)56-55-40-38(59-61(42(40)64)47-53-33(21-68-47)36-30(48)18-28(43(65)66)19-31(36)49)27-13-9-10-25(16-27)17-35-23(2)51-45(70-35)57-54-39-37(26-11-5-4-6-12-26)58-60(41(39)63)46-52-32(20-67-46)29-14-7-8-15-34(29)62/h4-16,18-21,58-59,62H,17H2,1-3H3,(H,65,66). The lowest BCUT2D eigenvalue weighted by molar-refractivity contribution is 0.0697. The molecule has 6 heterocycles. The zero-order chi connectivity index (χ0) is 48.8. The Labute approximate surface area is 421 Å². The maximum atomic E-state index is 14.3. The molecule has 0 spiro atoms. The van der Waals surface area contributed by atoms with E-state index in [1.54, 1.807) is 35.0 Å². The molecule has 17 nitrogen and oxygen atoms in total. The maximum Gasteiger partial charge on any atom is 0.335 e. The van der Waals surface area contributed by atoms with Crippen molar-refractivity contribution in [3.8, 4) is 61.0 Å². The fourth-order valence-electron chi connectivity index (χ4n) is 7.25. The van der Waals surface area contributed by atoms with E-state index in [2.05, 4.69) is 50.6 Å². The number of aromatic amines is 2. The average molecular weight is 1040 g/mol. The normalized spacial score (nSPS) is 11.7. The highest BCUT2D eigenvalue weighted by Crippen LogP contribution is 2.39. The van der Waals surface area contributed by atoms with E-state index in [1.807, 2.05) is 75.4 Å². The minimum Gasteiger partial charge on any atom is -0.507 e. The van der Waals surface area contributed by atoms with Crippen LogP contribution < -0.4 is 11.1 Å². The zero-order valence-electron chi connectivity index (χ0n) is 36.5. The predicted molar refractivity (Wildman–Crippen MR) is 274 cm³/mol. The van der Waals surface area contributed by atoms with Gasteiger partial charge in [0.15, 0.2) is 11.4 Å². The van der Waals surface area contributed by atoms with Crippen LogP contribution in [0.3, 0.4) is 0 Å². The molecule has 10 aromatic rings. The number of phenolic OH excluding ortho intramolecular Hbond substituents is 1. The SMILES string of the molecule is Cc1nc(N=Nc2c(-c3cccc(Cc4sc(N=Nc5c(-c6ccccc6)[nH]n(-c6nc(-c7ccccc7O)cs6)c5=O)nc4C)c3)[nH]n(-c3nc(-c4c(Cl)cc(C(=O)O)cc4Cl)cs3)c2=O)sc1C. The Morgan fingerprint density at radius 1 is 0.671 bits per heavy atom. The number of aromatic nitrogens is 8. The largest absolute Gasteiger partial charge is 0.507 e. The van der Waals surface area contributed by atoms with Crippen molar-refractivity contribution in [2.75, 3.05) is 0 Å². The molecular formula is C47H32Cl2N12O5S4. The molecule has 4 aromatic carbocycles. The number of aromatic carboxylic acids is 1. The topological polar surface area (TPSA) is 234 Å². The van der Waals surface area contributed by atoms with Gasteiger partial charge < -0.3 is 10.2 Å². The quantitative estimate of drug-likeness (QED) is 0.0803. The van der Waals surface area contributed by atoms with E-state index in [0.717, 1.165) is 38.0 Å². The van der Waals surface area contributed by atoms with Crippen LogP contribution in [0.1, 0.15) is 37.1 Å². The molecular weight excluding hydrogens is 1010 g/mol. The highest BCUT2D eigenvalue weighted by Gasteiger charge is 2.24. The summed E-state index contributed by atoms with van der Waals surface area (Å²) in [5.74, 6) is -1.11. The van der Waals surface area contributed by atoms with E-state index < -0.39 is 17.1 Å². The Bertz CT molecular complexity index is 3800. The third-order valence-corrected chi connectivity index (χ3v) is 15.1. The van der Waals surface area contributed by atoms with Crippen LogP contribution in [0.2, 0.25) is 10.0 Å². The van der Waals surface area contributed by atoms with Gasteiger partial charge in [0.25, 0.3) is 0 Å². The van der Waals surface area contributed by atoms with E-state index in [1.165, 1.54) is 55.5 Å². The number of aryl methyl sites for hydroxylation is 3. The summed E-state index contributed by atoms with van der Waals surface area (Å²) in [5.41, 5.74) is 5.29. The minimum atomic E-state index is -1.18. The maximum absolute atomic E-state index is 14.3. The average Bonchev–Trinajstić information content (AvgIpc) is 4.22. The lowest BCUT2D eigenvalue weighted by Crippen LogP contribution is -2.13. The fraction of sp³-hybridized carbons (Fsp3) is 0.0851. The first-order chi connectivity index (χ1) is 33.8. The molecule has 0 saturated heterocycles. The van der Waals surface area contributed by atoms with Crippen molar-refractivity contribution in [2.24, 2.45) is 20.5 Å². The number of carbonyl (C=O) groups is 1. The summed E-state index contributed by atoms with van der Waals surface area (Å²) in [4.78, 5) is 60.2. The fourth-order valence-corrected chi connectivity index (χ4v) is 11.1. The molecule has 6 aromatic heterocycles. The molecule has 4 N–H and O–H groups in total. The van der Waals surface area contributed by atoms with Crippen molar-refractivity contribution >= 4 is 96.2 Å². The molecule has 0 aliphatic rings. The van der Waals surface area contributed by atoms with Gasteiger partial charge in [0, 0.05) is 49.2 Å². The van der Waals surface area contributed by atoms with Crippen LogP contribution in [0.15, 0.2) is 132 Å². The van der Waals surface area contributed by atoms with Gasteiger partial charge in [0.05, 0.1) is 49.8 Å². The summed E-state index contributed by atoms with van der Waals surface area (Å²) in [6.45, 7) is 5.67. The number of benzene rings is 4. The Morgan fingerprint density at radius 2 is 1.24 bits per heavy atom. The number of azo groups is 2. The monoisotopic (exact) mass is 1040 g/mol. The van der Waals surface area contributed by atoms with Gasteiger partial charge in [-0.2, -0.15) is 9.36 Å². The van der Waals surface area contributed by atoms with E-state index in [0.29, 0.717) is 66.8 Å². The van der Waals surface area contributed by atoms with Crippen LogP contribution in [0.4, 0.5) is 21.6 Å². The highest BCUT2D eigenvalue weighted by molar-refractivity contribution is 7.15. The van der Waals surface area contributed by atoms with E-state index in [9.17, 15) is 24.6 Å². The molecule has 348 valence electrons. The number of aromatic hydroxyl groups is 1. The molecule has 0 aliphatic carbocycles. The first-order valence-corrected chi connectivity index (χ1v) is 25.0. The number of para-hydroxylation sites is 1. The molecule has 0 fully saturated rings. The number of hydrogen-bond donors (Lipinski definition) is 4. The lowest BCUT2D eigenvalue weighted by atomic mass is 10.0. The van der Waals surface area contributed by atoms with Crippen LogP contribution in [-0.4, -0.2) is 55.7 Å². The minimum absolute atomic E-state index is 0.0161. The number of H-pyrrole nitrogens is 2. The van der Waals surface area contributed by atoms with Crippen molar-refractivity contribution in [1.82, 2.24) is 39.5 Å². The van der Waals surface area contributed by atoms with Crippen LogP contribution in [0.5, 0.6) is 5.75 Å². The first-order valence-electron chi connectivity index (χ1n) is 20.8. The lowest BCUT2D eigenvalue weighted by Gasteiger charge is -2.06. The van der Waals surface area contributed by atoms with Crippen molar-refractivity contribution in [2.45, 2.75) is 27.2 Å². The Kier molecular flexibility index (Phi) is 12.6. The van der Waals surface area contributed by atoms with Gasteiger partial charge in [-0.25, -0.2) is 24.7 Å². The van der Waals surface area contributed by atoms with Crippen LogP contribution in [0.25, 0.3) is 55.3 Å². The second-order valence-corrected chi connectivity index (χ2v) is 20.1. The van der Waals surface area contributed by atoms with Crippen molar-refractivity contribution in [3.63, 3.8) is 0 Å². The molecule has 70 heavy (non-hydrogen) atoms. The van der Waals surface area contributed by atoms with Gasteiger partial charge in [-0.05, 0) is 56.7 Å². The summed E-state index contributed by atoms with van der Waals surface area (Å²) in [6.07, 6.45) is 0.444. The molecule has 0 bridgehead atoms. The number of hydrogen-bond acceptors (Lipinski definition) is 16. The number of rotatable bonds is 13. The summed E-state index contributed by atoms with van der Waals surface area (Å²) >= 11 is 18.0. The van der Waals surface area contributed by atoms with Gasteiger partial charge in [-0.15, -0.1) is 43.1 Å². The third kappa shape index (κ3) is 9.08. The number of halogens is 2. The molecule has 10 rings (SSSR count). The summed E-state index contributed by atoms with van der Waals surface area (Å²) in [6, 6.07) is 26.3. The van der Waals surface area contributed by atoms with E-state index >= 15 is 0 Å². The third-order valence-electron chi connectivity index (χ3n) is 10.8. The van der Waals surface area contributed by atoms with E-state index in [4.69, 9.17) is 23.2 Å². The van der Waals surface area contributed by atoms with Crippen LogP contribution in [-0.2, 0) is 6.42 Å². The van der Waals surface area contributed by atoms with Crippen LogP contribution in [0, 0.1) is 20.8 Å². The molecule has 0 saturated carbocycles. The molecule has 0 amide bonds. The Balaban J connectivity index is 0.960. The predicted octanol–water partition coefficient (Wildman–Crippen LogP) is 13.2. The van der Waals surface area contributed by atoms with Gasteiger partial charge in [-0.3, -0.25) is 19.8 Å². The number of nitrogens with one attached hydrogen (secondary N) is 2. The number of nitrogens with zero attached hydrogens (tertiary/aromatic N) is 10. The molecule has 0 unspecified atom stereocenters. The van der Waals surface area contributed by atoms with Gasteiger partial charge in [-0.1, -0.05) is 107 Å². The second-order valence-electron chi connectivity index (χ2n) is 15.4. The summed E-state index contributed by atoms with van der Waals surface area (Å²) in [5, 5.41) is 48.9. The van der Waals surface area contributed by atoms with Gasteiger partial charge in [0.2, 0.25) is 20.5 Å². The Hall–Kier alpha value is -7.53. The highest BCUT2D eigenvalue weighted by atomic mass is 35.5. The summed E-state index contributed by atoms with van der Waals surface area (Å²) < 4.78 is 2.57. The van der Waals surface area contributed by atoms with E-state index in [-0.39, 0.29) is 37.9 Å². The van der Waals surface area contributed by atoms with Crippen molar-refractivity contribution < 1.29 is 15.0 Å². The summed E-state index contributed by atoms with van der Waals surface area (Å²) in [7, 11) is 0. The molecule has 23 heteroatoms. The van der Waals surface area contributed by atoms with Crippen molar-refractivity contribution in [3.05, 3.63) is 165 Å². The van der Waals surface area contributed by atoms with Gasteiger partial charge in [0.1, 0.15) is 5.75 Å². The number of thiazole rings is 4. The second kappa shape index (κ2) is 19.1. The Morgan fingerprint density at radius 3 is 1.87 bits per heavy atom. The first kappa shape index (κ1) is 46.2. The van der Waals surface area contributed by atoms with Crippen LogP contribution >= 0.6 is 68.5 Å². The molecule has 0 aliphatic heterocycles. The molecule has 0 radical (unpaired) electrons. The van der Waals surface area contributed by atoms with Crippen molar-refractivity contribution in [1.29, 1.82) is 0 Å². The smallest absolute Gasteiger partial charge is 0.335 e.